The summed E-state index contributed by atoms with van der Waals surface area (Å²) in [5.74, 6) is -1.10. The second kappa shape index (κ2) is 10.6. The van der Waals surface area contributed by atoms with E-state index in [9.17, 15) is 13.2 Å². The first-order chi connectivity index (χ1) is 13.4. The first-order valence-corrected chi connectivity index (χ1v) is 8.83. The minimum Gasteiger partial charge on any atom is -0.489 e. The largest absolute Gasteiger partial charge is 0.489 e. The maximum atomic E-state index is 13.8. The van der Waals surface area contributed by atoms with Crippen molar-refractivity contribution in [1.82, 2.24) is 15.5 Å². The lowest BCUT2D eigenvalue weighted by molar-refractivity contribution is 0.304. The van der Waals surface area contributed by atoms with Crippen LogP contribution in [-0.4, -0.2) is 45.2 Å². The minimum atomic E-state index is -0.743. The number of rotatable bonds is 8. The minimum absolute atomic E-state index is 0.00844. The van der Waals surface area contributed by atoms with E-state index in [4.69, 9.17) is 4.74 Å². The molecule has 0 heterocycles. The fourth-order valence-corrected chi connectivity index (χ4v) is 2.53. The smallest absolute Gasteiger partial charge is 0.191 e. The molecule has 5 nitrogen and oxygen atoms in total. The highest BCUT2D eigenvalue weighted by atomic mass is 19.1. The third-order valence-corrected chi connectivity index (χ3v) is 3.83. The maximum Gasteiger partial charge on any atom is 0.191 e. The molecule has 28 heavy (non-hydrogen) atoms. The molecule has 0 saturated carbocycles. The van der Waals surface area contributed by atoms with Crippen molar-refractivity contribution >= 4 is 5.96 Å². The van der Waals surface area contributed by atoms with Crippen LogP contribution in [0.2, 0.25) is 0 Å². The number of ether oxygens (including phenoxy) is 1. The molecule has 2 aromatic carbocycles. The molecule has 0 aliphatic rings. The molecule has 0 saturated heterocycles. The van der Waals surface area contributed by atoms with Gasteiger partial charge in [-0.15, -0.1) is 0 Å². The summed E-state index contributed by atoms with van der Waals surface area (Å²) in [4.78, 5) is 6.00. The molecular formula is C20H25F3N4O. The van der Waals surface area contributed by atoms with Gasteiger partial charge in [-0.25, -0.2) is 13.2 Å². The number of hydrogen-bond acceptors (Lipinski definition) is 3. The maximum absolute atomic E-state index is 13.8. The molecular weight excluding hydrogens is 369 g/mol. The van der Waals surface area contributed by atoms with Crippen LogP contribution in [0.25, 0.3) is 0 Å². The van der Waals surface area contributed by atoms with Gasteiger partial charge in [0.2, 0.25) is 0 Å². The van der Waals surface area contributed by atoms with Gasteiger partial charge < -0.3 is 20.3 Å². The number of nitrogens with zero attached hydrogens (tertiary/aromatic N) is 2. The van der Waals surface area contributed by atoms with Crippen LogP contribution in [0, 0.1) is 17.5 Å². The third kappa shape index (κ3) is 6.77. The summed E-state index contributed by atoms with van der Waals surface area (Å²) in [6.45, 7) is 1.52. The predicted molar refractivity (Wildman–Crippen MR) is 104 cm³/mol. The van der Waals surface area contributed by atoms with Crippen LogP contribution in [0.5, 0.6) is 5.75 Å². The van der Waals surface area contributed by atoms with Gasteiger partial charge in [-0.3, -0.25) is 4.99 Å². The summed E-state index contributed by atoms with van der Waals surface area (Å²) >= 11 is 0. The summed E-state index contributed by atoms with van der Waals surface area (Å²) in [5.41, 5.74) is 1.55. The van der Waals surface area contributed by atoms with Crippen LogP contribution < -0.4 is 15.4 Å². The lowest BCUT2D eigenvalue weighted by Crippen LogP contribution is -2.38. The molecule has 0 atom stereocenters. The zero-order chi connectivity index (χ0) is 20.5. The van der Waals surface area contributed by atoms with E-state index in [1.807, 2.05) is 25.1 Å². The Morgan fingerprint density at radius 2 is 1.82 bits per heavy atom. The highest BCUT2D eigenvalue weighted by molar-refractivity contribution is 5.79. The number of nitrogens with one attached hydrogen (secondary N) is 2. The Balaban J connectivity index is 1.80. The Morgan fingerprint density at radius 3 is 2.50 bits per heavy atom. The average molecular weight is 394 g/mol. The van der Waals surface area contributed by atoms with Crippen LogP contribution in [0.3, 0.4) is 0 Å². The molecule has 0 radical (unpaired) electrons. The Labute approximate surface area is 163 Å². The molecule has 0 bridgehead atoms. The van der Waals surface area contributed by atoms with Crippen LogP contribution in [0.4, 0.5) is 13.2 Å². The Hall–Kier alpha value is -2.74. The van der Waals surface area contributed by atoms with Crippen molar-refractivity contribution in [1.29, 1.82) is 0 Å². The second-order valence-electron chi connectivity index (χ2n) is 6.44. The lowest BCUT2D eigenvalue weighted by atomic mass is 10.1. The van der Waals surface area contributed by atoms with E-state index in [1.54, 1.807) is 13.1 Å². The van der Waals surface area contributed by atoms with Gasteiger partial charge in [-0.2, -0.15) is 0 Å². The highest BCUT2D eigenvalue weighted by Gasteiger charge is 2.07. The summed E-state index contributed by atoms with van der Waals surface area (Å²) in [6, 6.07) is 8.15. The van der Waals surface area contributed by atoms with Gasteiger partial charge in [0.25, 0.3) is 0 Å². The van der Waals surface area contributed by atoms with E-state index < -0.39 is 11.6 Å². The normalized spacial score (nSPS) is 11.6. The molecule has 0 amide bonds. The van der Waals surface area contributed by atoms with Gasteiger partial charge in [0.1, 0.15) is 18.2 Å². The van der Waals surface area contributed by atoms with E-state index in [1.165, 1.54) is 12.1 Å². The van der Waals surface area contributed by atoms with Gasteiger partial charge in [0.15, 0.2) is 17.5 Å². The molecule has 8 heteroatoms. The highest BCUT2D eigenvalue weighted by Crippen LogP contribution is 2.17. The van der Waals surface area contributed by atoms with Gasteiger partial charge in [0, 0.05) is 31.8 Å². The zero-order valence-corrected chi connectivity index (χ0v) is 16.2. The van der Waals surface area contributed by atoms with E-state index in [-0.39, 0.29) is 18.2 Å². The Bertz CT molecular complexity index is 812. The molecule has 0 aliphatic carbocycles. The zero-order valence-electron chi connectivity index (χ0n) is 16.2. The number of aliphatic imine (C=N–C) groups is 1. The molecule has 0 fully saturated rings. The third-order valence-electron chi connectivity index (χ3n) is 3.83. The van der Waals surface area contributed by atoms with E-state index >= 15 is 0 Å². The topological polar surface area (TPSA) is 48.9 Å². The molecule has 2 rings (SSSR count). The summed E-state index contributed by atoms with van der Waals surface area (Å²) in [6.07, 6.45) is 0. The van der Waals surface area contributed by atoms with Crippen molar-refractivity contribution in [3.63, 3.8) is 0 Å². The fourth-order valence-electron chi connectivity index (χ4n) is 2.53. The average Bonchev–Trinajstić information content (AvgIpc) is 2.64. The first-order valence-electron chi connectivity index (χ1n) is 8.83. The van der Waals surface area contributed by atoms with Gasteiger partial charge in [0.05, 0.1) is 6.54 Å². The number of halogens is 3. The Morgan fingerprint density at radius 1 is 1.04 bits per heavy atom. The molecule has 0 unspecified atom stereocenters. The summed E-state index contributed by atoms with van der Waals surface area (Å²) < 4.78 is 45.5. The molecule has 2 aromatic rings. The fraction of sp³-hybridized carbons (Fsp3) is 0.350. The van der Waals surface area contributed by atoms with Crippen LogP contribution in [0.1, 0.15) is 11.1 Å². The SMILES string of the molecule is CN=C(NCCOc1ccc(F)cc1F)NCc1ccc(F)c(CN(C)C)c1. The van der Waals surface area contributed by atoms with E-state index in [2.05, 4.69) is 15.6 Å². The summed E-state index contributed by atoms with van der Waals surface area (Å²) in [7, 11) is 5.39. The standard InChI is InChI=1S/C20H25F3N4O/c1-24-20(25-8-9-28-19-7-5-16(21)11-18(19)23)26-12-14-4-6-17(22)15(10-14)13-27(2)3/h4-7,10-11H,8-9,12-13H2,1-3H3,(H2,24,25,26). The molecule has 152 valence electrons. The van der Waals surface area contributed by atoms with E-state index in [0.29, 0.717) is 31.2 Å². The van der Waals surface area contributed by atoms with Crippen LogP contribution >= 0.6 is 0 Å². The van der Waals surface area contributed by atoms with Crippen molar-refractivity contribution in [2.75, 3.05) is 34.3 Å². The van der Waals surface area contributed by atoms with Crippen molar-refractivity contribution < 1.29 is 17.9 Å². The van der Waals surface area contributed by atoms with Crippen molar-refractivity contribution in [2.45, 2.75) is 13.1 Å². The van der Waals surface area contributed by atoms with Crippen LogP contribution in [0.15, 0.2) is 41.4 Å². The van der Waals surface area contributed by atoms with Crippen LogP contribution in [-0.2, 0) is 13.1 Å². The summed E-state index contributed by atoms with van der Waals surface area (Å²) in [5, 5.41) is 6.16. The van der Waals surface area contributed by atoms with Crippen molar-refractivity contribution in [2.24, 2.45) is 4.99 Å². The van der Waals surface area contributed by atoms with Gasteiger partial charge in [-0.05, 0) is 43.9 Å². The first kappa shape index (κ1) is 21.6. The van der Waals surface area contributed by atoms with Crippen molar-refractivity contribution in [3.05, 3.63) is 65.0 Å². The van der Waals surface area contributed by atoms with E-state index in [0.717, 1.165) is 17.7 Å². The molecule has 0 aromatic heterocycles. The quantitative estimate of drug-likeness (QED) is 0.411. The molecule has 2 N–H and O–H groups in total. The monoisotopic (exact) mass is 394 g/mol. The Kier molecular flexibility index (Phi) is 8.13. The predicted octanol–water partition coefficient (Wildman–Crippen LogP) is 2.91. The molecule has 0 spiro atoms. The number of hydrogen-bond donors (Lipinski definition) is 2. The van der Waals surface area contributed by atoms with Gasteiger partial charge in [-0.1, -0.05) is 6.07 Å². The molecule has 0 aliphatic heterocycles. The lowest BCUT2D eigenvalue weighted by Gasteiger charge is -2.14. The number of guanidine groups is 1. The number of benzene rings is 2. The van der Waals surface area contributed by atoms with Crippen molar-refractivity contribution in [3.8, 4) is 5.75 Å². The van der Waals surface area contributed by atoms with Gasteiger partial charge >= 0.3 is 0 Å². The second-order valence-corrected chi connectivity index (χ2v) is 6.44.